The fraction of sp³-hybridized carbons (Fsp3) is 0.455. The van der Waals surface area contributed by atoms with Crippen LogP contribution in [0, 0.1) is 27.7 Å². The Morgan fingerprint density at radius 3 is 2.42 bits per heavy atom. The maximum Gasteiger partial charge on any atom is 0.239 e. The minimum Gasteiger partial charge on any atom is -0.485 e. The molecule has 0 saturated carbocycles. The molecule has 3 aromatic rings. The molecule has 0 unspecified atom stereocenters. The molecule has 0 aliphatic carbocycles. The maximum atomic E-state index is 12.7. The molecule has 0 radical (unpaired) electrons. The number of carbonyl (C=O) groups is 1. The van der Waals surface area contributed by atoms with E-state index in [0.29, 0.717) is 16.9 Å². The van der Waals surface area contributed by atoms with Crippen molar-refractivity contribution in [1.29, 1.82) is 0 Å². The van der Waals surface area contributed by atoms with Crippen molar-refractivity contribution in [3.63, 3.8) is 0 Å². The highest BCUT2D eigenvalue weighted by Crippen LogP contribution is 2.29. The number of ether oxygens (including phenoxy) is 1. The normalized spacial score (nSPS) is 12.3. The van der Waals surface area contributed by atoms with E-state index in [1.807, 2.05) is 57.4 Å². The summed E-state index contributed by atoms with van der Waals surface area (Å²) in [6, 6.07) is 6.21. The zero-order valence-corrected chi connectivity index (χ0v) is 20.6. The average molecular weight is 460 g/mol. The van der Waals surface area contributed by atoms with E-state index in [1.165, 1.54) is 23.1 Å². The number of amides is 1. The van der Waals surface area contributed by atoms with Gasteiger partial charge < -0.3 is 14.6 Å². The third kappa shape index (κ3) is 5.46. The molecular formula is C22H29N5O2S2. The lowest BCUT2D eigenvalue weighted by Crippen LogP contribution is -2.23. The fourth-order valence-corrected chi connectivity index (χ4v) is 4.93. The van der Waals surface area contributed by atoms with Crippen molar-refractivity contribution in [1.82, 2.24) is 19.7 Å². The summed E-state index contributed by atoms with van der Waals surface area (Å²) >= 11 is 2.87. The summed E-state index contributed by atoms with van der Waals surface area (Å²) in [5.41, 5.74) is 3.11. The number of nitrogens with one attached hydrogen (secondary N) is 1. The van der Waals surface area contributed by atoms with Crippen LogP contribution in [0.5, 0.6) is 5.75 Å². The molecule has 2 aromatic heterocycles. The lowest BCUT2D eigenvalue weighted by atomic mass is 10.1. The largest absolute Gasteiger partial charge is 0.485 e. The number of thioether (sulfide) groups is 1. The molecule has 1 N–H and O–H groups in total. The summed E-state index contributed by atoms with van der Waals surface area (Å²) in [5, 5.41) is 12.6. The van der Waals surface area contributed by atoms with Crippen molar-refractivity contribution in [3.8, 4) is 5.75 Å². The van der Waals surface area contributed by atoms with Crippen LogP contribution in [-0.4, -0.2) is 30.9 Å². The highest BCUT2D eigenvalue weighted by molar-refractivity contribution is 8.00. The molecule has 0 aliphatic rings. The van der Waals surface area contributed by atoms with Crippen LogP contribution in [0.1, 0.15) is 54.3 Å². The third-order valence-electron chi connectivity index (χ3n) is 4.92. The van der Waals surface area contributed by atoms with Crippen LogP contribution in [0.2, 0.25) is 0 Å². The molecule has 0 aliphatic heterocycles. The van der Waals surface area contributed by atoms with E-state index >= 15 is 0 Å². The van der Waals surface area contributed by atoms with E-state index in [2.05, 4.69) is 34.3 Å². The predicted octanol–water partition coefficient (Wildman–Crippen LogP) is 5.25. The Kier molecular flexibility index (Phi) is 7.38. The Morgan fingerprint density at radius 2 is 1.84 bits per heavy atom. The number of nitrogens with zero attached hydrogens (tertiary/aromatic N) is 4. The number of hydrogen-bond acceptors (Lipinski definition) is 7. The summed E-state index contributed by atoms with van der Waals surface area (Å²) in [5.74, 6) is 1.50. The van der Waals surface area contributed by atoms with Gasteiger partial charge in [0.1, 0.15) is 12.4 Å². The Labute approximate surface area is 191 Å². The Hall–Kier alpha value is -2.39. The van der Waals surface area contributed by atoms with Crippen LogP contribution < -0.4 is 10.1 Å². The maximum absolute atomic E-state index is 12.7. The van der Waals surface area contributed by atoms with Gasteiger partial charge in [0.2, 0.25) is 5.91 Å². The van der Waals surface area contributed by atoms with Crippen molar-refractivity contribution in [3.05, 3.63) is 45.7 Å². The number of para-hydroxylation sites is 1. The number of aryl methyl sites for hydroxylation is 4. The number of thiazole rings is 1. The quantitative estimate of drug-likeness (QED) is 0.464. The fourth-order valence-electron chi connectivity index (χ4n) is 3.11. The first-order valence-electron chi connectivity index (χ1n) is 10.2. The Morgan fingerprint density at radius 1 is 1.16 bits per heavy atom. The molecule has 1 atom stereocenters. The molecule has 7 nitrogen and oxygen atoms in total. The highest BCUT2D eigenvalue weighted by atomic mass is 32.2. The lowest BCUT2D eigenvalue weighted by molar-refractivity contribution is -0.115. The second-order valence-corrected chi connectivity index (χ2v) is 10.3. The van der Waals surface area contributed by atoms with E-state index in [9.17, 15) is 4.79 Å². The second-order valence-electron chi connectivity index (χ2n) is 7.78. The van der Waals surface area contributed by atoms with Crippen molar-refractivity contribution >= 4 is 34.1 Å². The summed E-state index contributed by atoms with van der Waals surface area (Å²) in [6.07, 6.45) is 0. The zero-order valence-electron chi connectivity index (χ0n) is 19.0. The molecule has 2 heterocycles. The molecule has 166 valence electrons. The zero-order chi connectivity index (χ0) is 22.7. The summed E-state index contributed by atoms with van der Waals surface area (Å²) < 4.78 is 8.11. The van der Waals surface area contributed by atoms with Crippen LogP contribution in [0.4, 0.5) is 5.13 Å². The SMILES string of the molecule is Cc1cccc(C)c1OCc1nnc(S[C@H](C)C(=O)Nc2nc(C)c(C)s2)n1C(C)C. The van der Waals surface area contributed by atoms with Gasteiger partial charge in [-0.15, -0.1) is 21.5 Å². The minimum atomic E-state index is -0.349. The van der Waals surface area contributed by atoms with E-state index in [4.69, 9.17) is 4.74 Å². The van der Waals surface area contributed by atoms with Gasteiger partial charge in [-0.25, -0.2) is 4.98 Å². The van der Waals surface area contributed by atoms with Crippen LogP contribution in [0.3, 0.4) is 0 Å². The van der Waals surface area contributed by atoms with Gasteiger partial charge in [0.05, 0.1) is 10.9 Å². The Bertz CT molecular complexity index is 1030. The molecular weight excluding hydrogens is 430 g/mol. The standard InChI is InChI=1S/C22H29N5O2S2/c1-12(2)27-18(11-29-19-13(3)9-8-10-14(19)4)25-26-22(27)31-17(7)20(28)24-21-23-15(5)16(6)30-21/h8-10,12,17H,11H2,1-7H3,(H,23,24,28)/t17-/m1/s1. The number of hydrogen-bond donors (Lipinski definition) is 1. The molecule has 0 saturated heterocycles. The molecule has 0 spiro atoms. The molecule has 1 amide bonds. The van der Waals surface area contributed by atoms with E-state index in [-0.39, 0.29) is 17.2 Å². The molecule has 0 bridgehead atoms. The van der Waals surface area contributed by atoms with E-state index < -0.39 is 0 Å². The van der Waals surface area contributed by atoms with E-state index in [1.54, 1.807) is 0 Å². The first-order chi connectivity index (χ1) is 14.7. The second kappa shape index (κ2) is 9.82. The number of carbonyl (C=O) groups excluding carboxylic acids is 1. The van der Waals surface area contributed by atoms with Gasteiger partial charge in [0.25, 0.3) is 0 Å². The molecule has 9 heteroatoms. The molecule has 31 heavy (non-hydrogen) atoms. The molecule has 3 rings (SSSR count). The van der Waals surface area contributed by atoms with Crippen LogP contribution in [0.25, 0.3) is 0 Å². The van der Waals surface area contributed by atoms with Gasteiger partial charge in [-0.2, -0.15) is 0 Å². The van der Waals surface area contributed by atoms with Crippen molar-refractivity contribution in [2.45, 2.75) is 71.5 Å². The van der Waals surface area contributed by atoms with E-state index in [0.717, 1.165) is 33.3 Å². The van der Waals surface area contributed by atoms with Gasteiger partial charge >= 0.3 is 0 Å². The summed E-state index contributed by atoms with van der Waals surface area (Å²) in [7, 11) is 0. The third-order valence-corrected chi connectivity index (χ3v) is 6.96. The number of aromatic nitrogens is 4. The smallest absolute Gasteiger partial charge is 0.239 e. The summed E-state index contributed by atoms with van der Waals surface area (Å²) in [6.45, 7) is 14.3. The van der Waals surface area contributed by atoms with Gasteiger partial charge in [0, 0.05) is 10.9 Å². The van der Waals surface area contributed by atoms with Crippen molar-refractivity contribution in [2.75, 3.05) is 5.32 Å². The number of anilines is 1. The van der Waals surface area contributed by atoms with Crippen LogP contribution in [-0.2, 0) is 11.4 Å². The van der Waals surface area contributed by atoms with Gasteiger partial charge in [-0.3, -0.25) is 4.79 Å². The highest BCUT2D eigenvalue weighted by Gasteiger charge is 2.23. The number of rotatable bonds is 8. The van der Waals surface area contributed by atoms with Gasteiger partial charge in [0.15, 0.2) is 16.1 Å². The monoisotopic (exact) mass is 459 g/mol. The predicted molar refractivity (Wildman–Crippen MR) is 126 cm³/mol. The topological polar surface area (TPSA) is 81.9 Å². The Balaban J connectivity index is 1.71. The van der Waals surface area contributed by atoms with Crippen LogP contribution >= 0.6 is 23.1 Å². The first-order valence-corrected chi connectivity index (χ1v) is 11.9. The number of benzene rings is 1. The van der Waals surface area contributed by atoms with Gasteiger partial charge in [-0.05, 0) is 59.6 Å². The molecule has 1 aromatic carbocycles. The minimum absolute atomic E-state index is 0.106. The van der Waals surface area contributed by atoms with Crippen LogP contribution in [0.15, 0.2) is 23.4 Å². The van der Waals surface area contributed by atoms with Gasteiger partial charge in [-0.1, -0.05) is 30.0 Å². The summed E-state index contributed by atoms with van der Waals surface area (Å²) in [4.78, 5) is 18.1. The van der Waals surface area contributed by atoms with Crippen molar-refractivity contribution in [2.24, 2.45) is 0 Å². The first kappa shape index (κ1) is 23.3. The van der Waals surface area contributed by atoms with Crippen molar-refractivity contribution < 1.29 is 9.53 Å². The average Bonchev–Trinajstić information content (AvgIpc) is 3.23. The molecule has 0 fully saturated rings. The lowest BCUT2D eigenvalue weighted by Gasteiger charge is -2.17.